The van der Waals surface area contributed by atoms with E-state index in [0.717, 1.165) is 25.7 Å². The minimum Gasteiger partial charge on any atom is -0.479 e. The van der Waals surface area contributed by atoms with E-state index < -0.39 is 24.0 Å². The fourth-order valence-corrected chi connectivity index (χ4v) is 2.20. The summed E-state index contributed by atoms with van der Waals surface area (Å²) >= 11 is 0. The van der Waals surface area contributed by atoms with Crippen LogP contribution in [0.3, 0.4) is 0 Å². The average Bonchev–Trinajstić information content (AvgIpc) is 2.92. The number of amides is 2. The van der Waals surface area contributed by atoms with Crippen molar-refractivity contribution in [3.05, 3.63) is 0 Å². The van der Waals surface area contributed by atoms with Crippen molar-refractivity contribution in [3.8, 4) is 0 Å². The van der Waals surface area contributed by atoms with E-state index in [1.807, 2.05) is 0 Å². The van der Waals surface area contributed by atoms with E-state index in [9.17, 15) is 14.4 Å². The van der Waals surface area contributed by atoms with Crippen LogP contribution >= 0.6 is 0 Å². The molecule has 7 nitrogen and oxygen atoms in total. The molecule has 0 aromatic rings. The Morgan fingerprint density at radius 3 is 2.40 bits per heavy atom. The van der Waals surface area contributed by atoms with Gasteiger partial charge in [-0.1, -0.05) is 12.8 Å². The number of rotatable bonds is 7. The molecule has 1 aliphatic carbocycles. The molecule has 2 unspecified atom stereocenters. The van der Waals surface area contributed by atoms with Crippen molar-refractivity contribution in [1.29, 1.82) is 0 Å². The third-order valence-corrected chi connectivity index (χ3v) is 3.50. The number of hydrogen-bond acceptors (Lipinski definition) is 4. The SMILES string of the molecule is COC(CNC(=O)C(C)NC(=O)C1CCCC1)C(=O)O. The van der Waals surface area contributed by atoms with Gasteiger partial charge >= 0.3 is 5.97 Å². The van der Waals surface area contributed by atoms with Crippen LogP contribution < -0.4 is 10.6 Å². The number of carbonyl (C=O) groups is 3. The van der Waals surface area contributed by atoms with Crippen LogP contribution in [0.1, 0.15) is 32.6 Å². The number of carboxylic acids is 1. The molecule has 0 aliphatic heterocycles. The molecule has 0 radical (unpaired) electrons. The number of hydrogen-bond donors (Lipinski definition) is 3. The molecule has 1 rings (SSSR count). The summed E-state index contributed by atoms with van der Waals surface area (Å²) in [6.07, 6.45) is 2.74. The van der Waals surface area contributed by atoms with Crippen LogP contribution in [-0.4, -0.2) is 48.7 Å². The lowest BCUT2D eigenvalue weighted by atomic mass is 10.1. The van der Waals surface area contributed by atoms with Crippen molar-refractivity contribution in [2.45, 2.75) is 44.8 Å². The summed E-state index contributed by atoms with van der Waals surface area (Å²) in [6.45, 7) is 1.44. The molecule has 0 aromatic carbocycles. The van der Waals surface area contributed by atoms with Crippen molar-refractivity contribution in [1.82, 2.24) is 10.6 Å². The van der Waals surface area contributed by atoms with Gasteiger partial charge in [0.1, 0.15) is 6.04 Å². The van der Waals surface area contributed by atoms with E-state index >= 15 is 0 Å². The smallest absolute Gasteiger partial charge is 0.334 e. The highest BCUT2D eigenvalue weighted by Crippen LogP contribution is 2.24. The standard InChI is InChI=1S/C13H22N2O5/c1-8(15-12(17)9-5-3-4-6-9)11(16)14-7-10(20-2)13(18)19/h8-10H,3-7H2,1-2H3,(H,14,16)(H,15,17)(H,18,19). The largest absolute Gasteiger partial charge is 0.479 e. The van der Waals surface area contributed by atoms with Gasteiger partial charge in [-0.05, 0) is 19.8 Å². The molecular weight excluding hydrogens is 264 g/mol. The Kier molecular flexibility index (Phi) is 6.44. The van der Waals surface area contributed by atoms with Gasteiger partial charge in [0, 0.05) is 13.0 Å². The number of nitrogens with one attached hydrogen (secondary N) is 2. The van der Waals surface area contributed by atoms with E-state index in [-0.39, 0.29) is 18.4 Å². The van der Waals surface area contributed by atoms with Gasteiger partial charge in [0.15, 0.2) is 6.10 Å². The van der Waals surface area contributed by atoms with Gasteiger partial charge in [-0.2, -0.15) is 0 Å². The maximum atomic E-state index is 11.9. The van der Waals surface area contributed by atoms with E-state index in [1.165, 1.54) is 7.11 Å². The third-order valence-electron chi connectivity index (χ3n) is 3.50. The second-order valence-electron chi connectivity index (χ2n) is 5.02. The van der Waals surface area contributed by atoms with E-state index in [1.54, 1.807) is 6.92 Å². The summed E-state index contributed by atoms with van der Waals surface area (Å²) in [5, 5.41) is 13.9. The number of ether oxygens (including phenoxy) is 1. The quantitative estimate of drug-likeness (QED) is 0.606. The van der Waals surface area contributed by atoms with Crippen molar-refractivity contribution in [2.24, 2.45) is 5.92 Å². The van der Waals surface area contributed by atoms with E-state index in [4.69, 9.17) is 9.84 Å². The molecule has 2 amide bonds. The maximum Gasteiger partial charge on any atom is 0.334 e. The van der Waals surface area contributed by atoms with Crippen LogP contribution in [0, 0.1) is 5.92 Å². The van der Waals surface area contributed by atoms with Crippen LogP contribution in [0.2, 0.25) is 0 Å². The van der Waals surface area contributed by atoms with Crippen LogP contribution in [0.25, 0.3) is 0 Å². The molecule has 1 aliphatic rings. The lowest BCUT2D eigenvalue weighted by molar-refractivity contribution is -0.148. The van der Waals surface area contributed by atoms with Gasteiger partial charge in [0.05, 0.1) is 6.54 Å². The average molecular weight is 286 g/mol. The first-order valence-corrected chi connectivity index (χ1v) is 6.79. The Bertz CT molecular complexity index is 366. The summed E-state index contributed by atoms with van der Waals surface area (Å²) in [5.41, 5.74) is 0. The Hall–Kier alpha value is -1.63. The second kappa shape index (κ2) is 7.84. The first kappa shape index (κ1) is 16.4. The Balaban J connectivity index is 2.34. The summed E-state index contributed by atoms with van der Waals surface area (Å²) in [7, 11) is 1.26. The molecule has 1 fully saturated rings. The normalized spacial score (nSPS) is 18.3. The van der Waals surface area contributed by atoms with Gasteiger partial charge < -0.3 is 20.5 Å². The lowest BCUT2D eigenvalue weighted by Gasteiger charge is -2.18. The van der Waals surface area contributed by atoms with Crippen LogP contribution in [0.4, 0.5) is 0 Å². The van der Waals surface area contributed by atoms with Crippen molar-refractivity contribution < 1.29 is 24.2 Å². The fourth-order valence-electron chi connectivity index (χ4n) is 2.20. The summed E-state index contributed by atoms with van der Waals surface area (Å²) < 4.78 is 4.70. The van der Waals surface area contributed by atoms with E-state index in [2.05, 4.69) is 10.6 Å². The molecule has 0 saturated heterocycles. The number of carboxylic acid groups (broad SMARTS) is 1. The van der Waals surface area contributed by atoms with Gasteiger partial charge in [0.2, 0.25) is 11.8 Å². The van der Waals surface area contributed by atoms with E-state index in [0.29, 0.717) is 0 Å². The topological polar surface area (TPSA) is 105 Å². The molecule has 0 bridgehead atoms. The molecule has 7 heteroatoms. The minimum atomic E-state index is -1.14. The molecule has 114 valence electrons. The first-order valence-electron chi connectivity index (χ1n) is 6.79. The van der Waals surface area contributed by atoms with Crippen molar-refractivity contribution in [3.63, 3.8) is 0 Å². The molecule has 0 heterocycles. The molecular formula is C13H22N2O5. The van der Waals surface area contributed by atoms with Crippen LogP contribution in [0.5, 0.6) is 0 Å². The maximum absolute atomic E-state index is 11.9. The van der Waals surface area contributed by atoms with Gasteiger partial charge in [-0.3, -0.25) is 9.59 Å². The highest BCUT2D eigenvalue weighted by molar-refractivity contribution is 5.88. The molecule has 20 heavy (non-hydrogen) atoms. The number of carbonyl (C=O) groups excluding carboxylic acids is 2. The highest BCUT2D eigenvalue weighted by atomic mass is 16.5. The third kappa shape index (κ3) is 4.80. The van der Waals surface area contributed by atoms with Gasteiger partial charge in [-0.25, -0.2) is 4.79 Å². The molecule has 0 spiro atoms. The first-order chi connectivity index (χ1) is 9.45. The van der Waals surface area contributed by atoms with Crippen molar-refractivity contribution in [2.75, 3.05) is 13.7 Å². The zero-order valence-corrected chi connectivity index (χ0v) is 11.8. The fraction of sp³-hybridized carbons (Fsp3) is 0.769. The predicted octanol–water partition coefficient (Wildman–Crippen LogP) is -0.103. The van der Waals surface area contributed by atoms with Crippen LogP contribution in [0.15, 0.2) is 0 Å². The number of methoxy groups -OCH3 is 1. The van der Waals surface area contributed by atoms with Gasteiger partial charge in [0.25, 0.3) is 0 Å². The monoisotopic (exact) mass is 286 g/mol. The highest BCUT2D eigenvalue weighted by Gasteiger charge is 2.26. The van der Waals surface area contributed by atoms with Crippen molar-refractivity contribution >= 4 is 17.8 Å². The van der Waals surface area contributed by atoms with Gasteiger partial charge in [-0.15, -0.1) is 0 Å². The lowest BCUT2D eigenvalue weighted by Crippen LogP contribution is -2.49. The molecule has 1 saturated carbocycles. The Morgan fingerprint density at radius 1 is 1.30 bits per heavy atom. The Morgan fingerprint density at radius 2 is 1.90 bits per heavy atom. The Labute approximate surface area is 118 Å². The summed E-state index contributed by atoms with van der Waals surface area (Å²) in [6, 6.07) is -0.686. The summed E-state index contributed by atoms with van der Waals surface area (Å²) in [5.74, 6) is -1.67. The predicted molar refractivity (Wildman–Crippen MR) is 71.0 cm³/mol. The number of aliphatic carboxylic acids is 1. The minimum absolute atomic E-state index is 0.00371. The zero-order chi connectivity index (χ0) is 15.1. The van der Waals surface area contributed by atoms with Crippen LogP contribution in [-0.2, 0) is 19.1 Å². The zero-order valence-electron chi connectivity index (χ0n) is 11.8. The second-order valence-corrected chi connectivity index (χ2v) is 5.02. The molecule has 2 atom stereocenters. The molecule has 0 aromatic heterocycles. The summed E-state index contributed by atoms with van der Waals surface area (Å²) in [4.78, 5) is 34.3. The molecule has 3 N–H and O–H groups in total.